The Morgan fingerprint density at radius 3 is 2.62 bits per heavy atom. The Kier molecular flexibility index (Phi) is 5.30. The Bertz CT molecular complexity index is 1040. The third-order valence-electron chi connectivity index (χ3n) is 5.80. The van der Waals surface area contributed by atoms with Gasteiger partial charge in [0.2, 0.25) is 0 Å². The quantitative estimate of drug-likeness (QED) is 0.609. The van der Waals surface area contributed by atoms with Gasteiger partial charge in [-0.2, -0.15) is 0 Å². The molecule has 3 rings (SSSR count). The smallest absolute Gasteiger partial charge is 0.341 e. The van der Waals surface area contributed by atoms with Gasteiger partial charge in [-0.05, 0) is 23.6 Å². The minimum absolute atomic E-state index is 0.0304. The van der Waals surface area contributed by atoms with Gasteiger partial charge < -0.3 is 19.1 Å². The Balaban J connectivity index is 2.23. The maximum absolute atomic E-state index is 12.7. The molecule has 6 heteroatoms. The van der Waals surface area contributed by atoms with E-state index in [1.807, 2.05) is 49.9 Å². The molecule has 154 valence electrons. The summed E-state index contributed by atoms with van der Waals surface area (Å²) in [4.78, 5) is 23.9. The molecule has 0 radical (unpaired) electrons. The van der Waals surface area contributed by atoms with E-state index in [9.17, 15) is 14.7 Å². The SMILES string of the molecule is C=C(COC(C)=O)CC1C(O)=C(C(=O)OC)c2cccc3c2c(cn3C)C1(C)C. The highest BCUT2D eigenvalue weighted by atomic mass is 16.5. The monoisotopic (exact) mass is 397 g/mol. The van der Waals surface area contributed by atoms with Crippen molar-refractivity contribution >= 4 is 28.4 Å². The highest BCUT2D eigenvalue weighted by Crippen LogP contribution is 2.49. The minimum atomic E-state index is -0.585. The zero-order valence-electron chi connectivity index (χ0n) is 17.5. The molecule has 0 fully saturated rings. The number of carbonyl (C=O) groups excluding carboxylic acids is 2. The average Bonchev–Trinajstić information content (AvgIpc) is 2.99. The van der Waals surface area contributed by atoms with Crippen LogP contribution in [0.1, 0.15) is 38.3 Å². The lowest BCUT2D eigenvalue weighted by molar-refractivity contribution is -0.140. The summed E-state index contributed by atoms with van der Waals surface area (Å²) in [6, 6.07) is 5.69. The number of aryl methyl sites for hydroxylation is 1. The number of allylic oxidation sites excluding steroid dienone is 1. The van der Waals surface area contributed by atoms with Crippen LogP contribution in [0.25, 0.3) is 16.5 Å². The number of nitrogens with zero attached hydrogens (tertiary/aromatic N) is 1. The zero-order valence-corrected chi connectivity index (χ0v) is 17.5. The molecule has 1 aliphatic rings. The molecule has 0 saturated heterocycles. The lowest BCUT2D eigenvalue weighted by atomic mass is 9.70. The molecule has 1 N–H and O–H groups in total. The summed E-state index contributed by atoms with van der Waals surface area (Å²) in [5, 5.41) is 12.2. The van der Waals surface area contributed by atoms with Crippen molar-refractivity contribution in [1.82, 2.24) is 4.57 Å². The number of rotatable bonds is 5. The van der Waals surface area contributed by atoms with Gasteiger partial charge in [0, 0.05) is 48.0 Å². The largest absolute Gasteiger partial charge is 0.511 e. The summed E-state index contributed by atoms with van der Waals surface area (Å²) >= 11 is 0. The summed E-state index contributed by atoms with van der Waals surface area (Å²) in [6.45, 7) is 9.50. The molecule has 0 amide bonds. The van der Waals surface area contributed by atoms with Crippen molar-refractivity contribution < 1.29 is 24.2 Å². The first-order chi connectivity index (χ1) is 13.6. The van der Waals surface area contributed by atoms with E-state index in [0.29, 0.717) is 17.6 Å². The van der Waals surface area contributed by atoms with Crippen molar-refractivity contribution in [3.05, 3.63) is 53.4 Å². The number of esters is 2. The Hall–Kier alpha value is -3.02. The molecule has 0 aliphatic heterocycles. The van der Waals surface area contributed by atoms with Gasteiger partial charge in [0.05, 0.1) is 7.11 Å². The first-order valence-corrected chi connectivity index (χ1v) is 9.49. The number of hydrogen-bond acceptors (Lipinski definition) is 5. The Morgan fingerprint density at radius 1 is 1.31 bits per heavy atom. The van der Waals surface area contributed by atoms with Gasteiger partial charge in [-0.15, -0.1) is 0 Å². The van der Waals surface area contributed by atoms with Crippen LogP contribution in [0.2, 0.25) is 0 Å². The number of benzene rings is 1. The Labute approximate surface area is 170 Å². The number of aliphatic hydroxyl groups excluding tert-OH is 1. The van der Waals surface area contributed by atoms with E-state index in [4.69, 9.17) is 9.47 Å². The summed E-state index contributed by atoms with van der Waals surface area (Å²) in [5.41, 5.74) is 2.96. The van der Waals surface area contributed by atoms with E-state index in [-0.39, 0.29) is 17.9 Å². The molecule has 1 heterocycles. The van der Waals surface area contributed by atoms with Gasteiger partial charge in [0.15, 0.2) is 0 Å². The van der Waals surface area contributed by atoms with Gasteiger partial charge >= 0.3 is 11.9 Å². The van der Waals surface area contributed by atoms with E-state index in [0.717, 1.165) is 16.5 Å². The van der Waals surface area contributed by atoms with E-state index < -0.39 is 23.3 Å². The molecule has 29 heavy (non-hydrogen) atoms. The van der Waals surface area contributed by atoms with Gasteiger partial charge in [-0.3, -0.25) is 4.79 Å². The molecule has 2 aromatic rings. The first-order valence-electron chi connectivity index (χ1n) is 9.49. The third kappa shape index (κ3) is 3.43. The van der Waals surface area contributed by atoms with Crippen molar-refractivity contribution in [2.24, 2.45) is 13.0 Å². The summed E-state index contributed by atoms with van der Waals surface area (Å²) in [6.07, 6.45) is 2.40. The first kappa shape index (κ1) is 20.7. The molecule has 1 aliphatic carbocycles. The molecule has 1 aromatic carbocycles. The van der Waals surface area contributed by atoms with E-state index >= 15 is 0 Å². The second kappa shape index (κ2) is 7.43. The predicted molar refractivity (Wildman–Crippen MR) is 111 cm³/mol. The summed E-state index contributed by atoms with van der Waals surface area (Å²) in [5.74, 6) is -1.45. The van der Waals surface area contributed by atoms with Crippen LogP contribution >= 0.6 is 0 Å². The van der Waals surface area contributed by atoms with Gasteiger partial charge in [0.1, 0.15) is 17.9 Å². The number of carbonyl (C=O) groups is 2. The van der Waals surface area contributed by atoms with Crippen LogP contribution in [0.5, 0.6) is 0 Å². The topological polar surface area (TPSA) is 77.8 Å². The molecule has 1 aromatic heterocycles. The number of aliphatic hydroxyl groups is 1. The van der Waals surface area contributed by atoms with Gasteiger partial charge in [-0.1, -0.05) is 32.6 Å². The van der Waals surface area contributed by atoms with E-state index in [1.165, 1.54) is 14.0 Å². The summed E-state index contributed by atoms with van der Waals surface area (Å²) < 4.78 is 12.1. The predicted octanol–water partition coefficient (Wildman–Crippen LogP) is 4.04. The maximum Gasteiger partial charge on any atom is 0.341 e. The molecular formula is C23H27NO5. The van der Waals surface area contributed by atoms with Crippen LogP contribution in [0.4, 0.5) is 0 Å². The van der Waals surface area contributed by atoms with Crippen molar-refractivity contribution in [2.45, 2.75) is 32.6 Å². The molecule has 1 atom stereocenters. The van der Waals surface area contributed by atoms with Crippen LogP contribution in [0.3, 0.4) is 0 Å². The van der Waals surface area contributed by atoms with Crippen molar-refractivity contribution in [3.8, 4) is 0 Å². The zero-order chi connectivity index (χ0) is 21.5. The fourth-order valence-electron chi connectivity index (χ4n) is 4.20. The fourth-order valence-corrected chi connectivity index (χ4v) is 4.20. The van der Waals surface area contributed by atoms with E-state index in [1.54, 1.807) is 0 Å². The minimum Gasteiger partial charge on any atom is -0.511 e. The number of methoxy groups -OCH3 is 1. The lowest BCUT2D eigenvalue weighted by Gasteiger charge is -2.34. The molecule has 0 saturated carbocycles. The standard InChI is InChI=1S/C23H27NO5/c1-13(12-29-14(2)25)10-16-21(26)20(22(27)28-6)15-8-7-9-18-19(15)17(11-24(18)5)23(16,3)4/h7-9,11,16,26H,1,10,12H2,2-6H3. The molecule has 0 bridgehead atoms. The van der Waals surface area contributed by atoms with Crippen LogP contribution < -0.4 is 0 Å². The molecular weight excluding hydrogens is 370 g/mol. The third-order valence-corrected chi connectivity index (χ3v) is 5.80. The molecule has 6 nitrogen and oxygen atoms in total. The van der Waals surface area contributed by atoms with Gasteiger partial charge in [0.25, 0.3) is 0 Å². The van der Waals surface area contributed by atoms with Crippen molar-refractivity contribution in [2.75, 3.05) is 13.7 Å². The van der Waals surface area contributed by atoms with Crippen LogP contribution in [0, 0.1) is 5.92 Å². The van der Waals surface area contributed by atoms with E-state index in [2.05, 4.69) is 6.58 Å². The van der Waals surface area contributed by atoms with Crippen molar-refractivity contribution in [1.29, 1.82) is 0 Å². The maximum atomic E-state index is 12.7. The van der Waals surface area contributed by atoms with Crippen LogP contribution in [0.15, 0.2) is 42.3 Å². The average molecular weight is 397 g/mol. The highest BCUT2D eigenvalue weighted by molar-refractivity contribution is 6.21. The molecule has 1 unspecified atom stereocenters. The molecule has 0 spiro atoms. The Morgan fingerprint density at radius 2 is 2.00 bits per heavy atom. The number of aromatic nitrogens is 1. The van der Waals surface area contributed by atoms with Crippen molar-refractivity contribution in [3.63, 3.8) is 0 Å². The fraction of sp³-hybridized carbons (Fsp3) is 0.391. The van der Waals surface area contributed by atoms with Crippen LogP contribution in [-0.4, -0.2) is 35.3 Å². The second-order valence-corrected chi connectivity index (χ2v) is 8.11. The highest BCUT2D eigenvalue weighted by Gasteiger charge is 2.42. The lowest BCUT2D eigenvalue weighted by Crippen LogP contribution is -2.31. The summed E-state index contributed by atoms with van der Waals surface area (Å²) in [7, 11) is 3.27. The number of ether oxygens (including phenoxy) is 2. The normalized spacial score (nSPS) is 17.8. The second-order valence-electron chi connectivity index (χ2n) is 8.11. The van der Waals surface area contributed by atoms with Gasteiger partial charge in [-0.25, -0.2) is 4.79 Å². The van der Waals surface area contributed by atoms with Crippen LogP contribution in [-0.2, 0) is 31.5 Å². The number of hydrogen-bond donors (Lipinski definition) is 1.